The van der Waals surface area contributed by atoms with E-state index in [1.165, 1.54) is 29.4 Å². The number of carbonyl (C=O) groups excluding carboxylic acids is 3. The fourth-order valence-corrected chi connectivity index (χ4v) is 4.69. The molecular weight excluding hydrogens is 374 g/mol. The van der Waals surface area contributed by atoms with E-state index in [4.69, 9.17) is 9.47 Å². The third kappa shape index (κ3) is 4.19. The Balaban J connectivity index is 1.62. The molecule has 0 aliphatic carbocycles. The van der Waals surface area contributed by atoms with Crippen LogP contribution < -0.4 is 0 Å². The summed E-state index contributed by atoms with van der Waals surface area (Å²) in [6.07, 6.45) is 0.122. The highest BCUT2D eigenvalue weighted by atomic mass is 32.2. The molecule has 1 aromatic rings. The third-order valence-corrected chi connectivity index (χ3v) is 6.71. The van der Waals surface area contributed by atoms with Gasteiger partial charge in [0, 0.05) is 25.1 Å². The molecule has 2 saturated heterocycles. The molecule has 0 spiro atoms. The SMILES string of the molecule is CC(=O)c1cccc(S(=O)(=O)N2CCC(C(=O)O[C@H]3CCOC3=O)CC2)c1. The van der Waals surface area contributed by atoms with Gasteiger partial charge in [0.25, 0.3) is 0 Å². The smallest absolute Gasteiger partial charge is 0.347 e. The van der Waals surface area contributed by atoms with Crippen LogP contribution in [0.25, 0.3) is 0 Å². The van der Waals surface area contributed by atoms with E-state index < -0.39 is 34.0 Å². The average molecular weight is 395 g/mol. The highest BCUT2D eigenvalue weighted by molar-refractivity contribution is 7.89. The summed E-state index contributed by atoms with van der Waals surface area (Å²) in [7, 11) is -3.74. The van der Waals surface area contributed by atoms with Crippen molar-refractivity contribution in [2.24, 2.45) is 5.92 Å². The third-order valence-electron chi connectivity index (χ3n) is 4.81. The molecule has 0 radical (unpaired) electrons. The Morgan fingerprint density at radius 2 is 1.89 bits per heavy atom. The highest BCUT2D eigenvalue weighted by Gasteiger charge is 2.36. The van der Waals surface area contributed by atoms with E-state index in [-0.39, 0.29) is 30.4 Å². The average Bonchev–Trinajstić information content (AvgIpc) is 3.06. The van der Waals surface area contributed by atoms with Crippen molar-refractivity contribution in [3.8, 4) is 0 Å². The number of cyclic esters (lactones) is 1. The van der Waals surface area contributed by atoms with Crippen LogP contribution in [0.4, 0.5) is 0 Å². The molecule has 2 fully saturated rings. The molecule has 146 valence electrons. The van der Waals surface area contributed by atoms with Gasteiger partial charge in [-0.3, -0.25) is 9.59 Å². The second-order valence-corrected chi connectivity index (χ2v) is 8.58. The van der Waals surface area contributed by atoms with Crippen LogP contribution in [-0.2, 0) is 29.1 Å². The molecule has 0 aromatic heterocycles. The zero-order valence-corrected chi connectivity index (χ0v) is 15.7. The molecule has 3 rings (SSSR count). The summed E-state index contributed by atoms with van der Waals surface area (Å²) in [4.78, 5) is 35.2. The number of esters is 2. The topological polar surface area (TPSA) is 107 Å². The summed E-state index contributed by atoms with van der Waals surface area (Å²) < 4.78 is 36.9. The summed E-state index contributed by atoms with van der Waals surface area (Å²) in [5, 5.41) is 0. The highest BCUT2D eigenvalue weighted by Crippen LogP contribution is 2.26. The second kappa shape index (κ2) is 7.77. The number of rotatable bonds is 5. The van der Waals surface area contributed by atoms with E-state index >= 15 is 0 Å². The molecule has 2 heterocycles. The van der Waals surface area contributed by atoms with Crippen LogP contribution >= 0.6 is 0 Å². The van der Waals surface area contributed by atoms with Gasteiger partial charge in [0.1, 0.15) is 0 Å². The van der Waals surface area contributed by atoms with Crippen LogP contribution in [0.3, 0.4) is 0 Å². The molecule has 0 bridgehead atoms. The van der Waals surface area contributed by atoms with Crippen LogP contribution in [0.1, 0.15) is 36.5 Å². The van der Waals surface area contributed by atoms with E-state index in [1.54, 1.807) is 6.07 Å². The molecule has 0 N–H and O–H groups in total. The Morgan fingerprint density at radius 3 is 2.48 bits per heavy atom. The normalized spacial score (nSPS) is 21.7. The van der Waals surface area contributed by atoms with Crippen molar-refractivity contribution in [3.63, 3.8) is 0 Å². The molecule has 27 heavy (non-hydrogen) atoms. The van der Waals surface area contributed by atoms with Crippen LogP contribution in [0.5, 0.6) is 0 Å². The van der Waals surface area contributed by atoms with Gasteiger partial charge >= 0.3 is 11.9 Å². The first-order valence-corrected chi connectivity index (χ1v) is 10.2. The van der Waals surface area contributed by atoms with Crippen molar-refractivity contribution in [2.75, 3.05) is 19.7 Å². The molecule has 2 aliphatic heterocycles. The van der Waals surface area contributed by atoms with Crippen LogP contribution in [0.2, 0.25) is 0 Å². The lowest BCUT2D eigenvalue weighted by Gasteiger charge is -2.30. The molecule has 0 unspecified atom stereocenters. The van der Waals surface area contributed by atoms with E-state index in [2.05, 4.69) is 0 Å². The number of nitrogens with zero attached hydrogens (tertiary/aromatic N) is 1. The van der Waals surface area contributed by atoms with Gasteiger partial charge in [-0.25, -0.2) is 13.2 Å². The Morgan fingerprint density at radius 1 is 1.19 bits per heavy atom. The first-order chi connectivity index (χ1) is 12.8. The predicted octanol–water partition coefficient (Wildman–Crippen LogP) is 1.15. The Kier molecular flexibility index (Phi) is 5.61. The van der Waals surface area contributed by atoms with Crippen molar-refractivity contribution in [1.29, 1.82) is 0 Å². The number of sulfonamides is 1. The maximum Gasteiger partial charge on any atom is 0.347 e. The van der Waals surface area contributed by atoms with E-state index in [1.807, 2.05) is 0 Å². The summed E-state index contributed by atoms with van der Waals surface area (Å²) in [5.74, 6) is -1.68. The molecular formula is C18H21NO7S. The first kappa shape index (κ1) is 19.5. The summed E-state index contributed by atoms with van der Waals surface area (Å²) in [5.41, 5.74) is 0.331. The Hall–Kier alpha value is -2.26. The number of hydrogen-bond donors (Lipinski definition) is 0. The largest absolute Gasteiger partial charge is 0.463 e. The lowest BCUT2D eigenvalue weighted by molar-refractivity contribution is -0.164. The van der Waals surface area contributed by atoms with Gasteiger partial charge in [0.15, 0.2) is 5.78 Å². The molecule has 1 atom stereocenters. The number of carbonyl (C=O) groups is 3. The zero-order chi connectivity index (χ0) is 19.6. The van der Waals surface area contributed by atoms with E-state index in [0.29, 0.717) is 24.8 Å². The standard InChI is InChI=1S/C18H21NO7S/c1-12(20)14-3-2-4-15(11-14)27(23,24)19-8-5-13(6-9-19)17(21)26-16-7-10-25-18(16)22/h2-4,11,13,16H,5-10H2,1H3/t16-/m0/s1. The minimum atomic E-state index is -3.74. The van der Waals surface area contributed by atoms with Crippen molar-refractivity contribution in [1.82, 2.24) is 4.31 Å². The Labute approximate surface area is 157 Å². The number of Topliss-reactive ketones (excluding diaryl/α,β-unsaturated/α-hetero) is 1. The van der Waals surface area contributed by atoms with Crippen molar-refractivity contribution >= 4 is 27.7 Å². The van der Waals surface area contributed by atoms with Gasteiger partial charge in [-0.2, -0.15) is 4.31 Å². The van der Waals surface area contributed by atoms with Crippen molar-refractivity contribution in [3.05, 3.63) is 29.8 Å². The maximum atomic E-state index is 12.8. The van der Waals surface area contributed by atoms with Crippen LogP contribution in [-0.4, -0.2) is 56.2 Å². The number of benzene rings is 1. The lowest BCUT2D eigenvalue weighted by Crippen LogP contribution is -2.41. The van der Waals surface area contributed by atoms with Gasteiger partial charge in [0.05, 0.1) is 17.4 Å². The second-order valence-electron chi connectivity index (χ2n) is 6.64. The van der Waals surface area contributed by atoms with Gasteiger partial charge < -0.3 is 9.47 Å². The number of piperidine rings is 1. The quantitative estimate of drug-likeness (QED) is 0.544. The fraction of sp³-hybridized carbons (Fsp3) is 0.500. The molecule has 0 amide bonds. The maximum absolute atomic E-state index is 12.8. The van der Waals surface area contributed by atoms with Gasteiger partial charge in [-0.1, -0.05) is 12.1 Å². The van der Waals surface area contributed by atoms with Crippen LogP contribution in [0.15, 0.2) is 29.2 Å². The lowest BCUT2D eigenvalue weighted by atomic mass is 9.98. The number of ketones is 1. The van der Waals surface area contributed by atoms with E-state index in [0.717, 1.165) is 0 Å². The minimum Gasteiger partial charge on any atom is -0.463 e. The van der Waals surface area contributed by atoms with Gasteiger partial charge in [-0.15, -0.1) is 0 Å². The van der Waals surface area contributed by atoms with Crippen LogP contribution in [0, 0.1) is 5.92 Å². The van der Waals surface area contributed by atoms with Crippen molar-refractivity contribution in [2.45, 2.75) is 37.2 Å². The summed E-state index contributed by atoms with van der Waals surface area (Å²) in [6.45, 7) is 1.96. The molecule has 1 aromatic carbocycles. The van der Waals surface area contributed by atoms with E-state index in [9.17, 15) is 22.8 Å². The molecule has 8 nitrogen and oxygen atoms in total. The molecule has 2 aliphatic rings. The summed E-state index contributed by atoms with van der Waals surface area (Å²) in [6, 6.07) is 5.92. The predicted molar refractivity (Wildman–Crippen MR) is 93.4 cm³/mol. The monoisotopic (exact) mass is 395 g/mol. The zero-order valence-electron chi connectivity index (χ0n) is 14.9. The van der Waals surface area contributed by atoms with Gasteiger partial charge in [0.2, 0.25) is 16.1 Å². The fourth-order valence-electron chi connectivity index (χ4n) is 3.18. The van der Waals surface area contributed by atoms with Crippen molar-refractivity contribution < 1.29 is 32.3 Å². The minimum absolute atomic E-state index is 0.0601. The molecule has 9 heteroatoms. The number of hydrogen-bond acceptors (Lipinski definition) is 7. The Bertz CT molecular complexity index is 856. The summed E-state index contributed by atoms with van der Waals surface area (Å²) >= 11 is 0. The number of ether oxygens (including phenoxy) is 2. The van der Waals surface area contributed by atoms with Gasteiger partial charge in [-0.05, 0) is 31.9 Å². The first-order valence-electron chi connectivity index (χ1n) is 8.77. The molecule has 0 saturated carbocycles.